The van der Waals surface area contributed by atoms with E-state index < -0.39 is 0 Å². The van der Waals surface area contributed by atoms with Gasteiger partial charge in [-0.15, -0.1) is 10.2 Å². The summed E-state index contributed by atoms with van der Waals surface area (Å²) in [5.74, 6) is 1.47. The average Bonchev–Trinajstić information content (AvgIpc) is 3.24. The van der Waals surface area contributed by atoms with Gasteiger partial charge in [0.05, 0.1) is 19.7 Å². The molecule has 1 atom stereocenters. The van der Waals surface area contributed by atoms with Crippen molar-refractivity contribution >= 4 is 0 Å². The van der Waals surface area contributed by atoms with Crippen LogP contribution in [-0.2, 0) is 6.54 Å². The minimum absolute atomic E-state index is 0.0804. The van der Waals surface area contributed by atoms with E-state index >= 15 is 0 Å². The second-order valence-corrected chi connectivity index (χ2v) is 7.01. The van der Waals surface area contributed by atoms with Crippen molar-refractivity contribution in [2.24, 2.45) is 0 Å². The molecule has 0 saturated carbocycles. The minimum Gasteiger partial charge on any atom is -0.497 e. The Kier molecular flexibility index (Phi) is 5.86. The number of hydrogen-bond acceptors (Lipinski definition) is 5. The van der Waals surface area contributed by atoms with Crippen LogP contribution in [0.1, 0.15) is 23.1 Å². The third-order valence-corrected chi connectivity index (χ3v) is 4.93. The first-order valence-electron chi connectivity index (χ1n) is 9.61. The van der Waals surface area contributed by atoms with Crippen LogP contribution in [0.25, 0.3) is 11.5 Å². The Hall–Kier alpha value is -3.51. The van der Waals surface area contributed by atoms with Crippen molar-refractivity contribution in [2.75, 3.05) is 14.2 Å². The lowest BCUT2D eigenvalue weighted by Gasteiger charge is -2.28. The monoisotopic (exact) mass is 403 g/mol. The van der Waals surface area contributed by atoms with E-state index in [-0.39, 0.29) is 11.9 Å². The molecule has 6 heteroatoms. The highest BCUT2D eigenvalue weighted by molar-refractivity contribution is 5.53. The van der Waals surface area contributed by atoms with Crippen LogP contribution < -0.4 is 4.74 Å². The van der Waals surface area contributed by atoms with Gasteiger partial charge >= 0.3 is 0 Å². The summed E-state index contributed by atoms with van der Waals surface area (Å²) in [5, 5.41) is 8.39. The number of rotatable bonds is 7. The Morgan fingerprint density at radius 3 is 2.23 bits per heavy atom. The van der Waals surface area contributed by atoms with Gasteiger partial charge in [0.15, 0.2) is 0 Å². The summed E-state index contributed by atoms with van der Waals surface area (Å²) < 4.78 is 24.5. The molecule has 152 valence electrons. The van der Waals surface area contributed by atoms with Gasteiger partial charge in [-0.1, -0.05) is 42.5 Å². The van der Waals surface area contributed by atoms with Gasteiger partial charge in [-0.05, 0) is 54.6 Å². The highest BCUT2D eigenvalue weighted by atomic mass is 19.1. The Labute approximate surface area is 174 Å². The van der Waals surface area contributed by atoms with E-state index in [1.54, 1.807) is 19.2 Å². The maximum atomic E-state index is 13.5. The van der Waals surface area contributed by atoms with Crippen LogP contribution in [0.3, 0.4) is 0 Å². The Bertz CT molecular complexity index is 1080. The summed E-state index contributed by atoms with van der Waals surface area (Å²) in [6, 6.07) is 24.0. The van der Waals surface area contributed by atoms with Gasteiger partial charge in [-0.3, -0.25) is 4.90 Å². The van der Waals surface area contributed by atoms with Crippen LogP contribution in [0.5, 0.6) is 5.75 Å². The highest BCUT2D eigenvalue weighted by Crippen LogP contribution is 2.29. The van der Waals surface area contributed by atoms with E-state index in [2.05, 4.69) is 27.2 Å². The van der Waals surface area contributed by atoms with Crippen molar-refractivity contribution in [3.63, 3.8) is 0 Å². The van der Waals surface area contributed by atoms with Gasteiger partial charge < -0.3 is 9.15 Å². The number of nitrogens with zero attached hydrogens (tertiary/aromatic N) is 3. The third kappa shape index (κ3) is 4.39. The quantitative estimate of drug-likeness (QED) is 0.429. The topological polar surface area (TPSA) is 51.4 Å². The number of methoxy groups -OCH3 is 1. The van der Waals surface area contributed by atoms with E-state index in [0.717, 1.165) is 22.4 Å². The van der Waals surface area contributed by atoms with Gasteiger partial charge in [-0.25, -0.2) is 4.39 Å². The van der Waals surface area contributed by atoms with Crippen LogP contribution in [0, 0.1) is 5.82 Å². The van der Waals surface area contributed by atoms with Crippen molar-refractivity contribution in [1.82, 2.24) is 15.1 Å². The summed E-state index contributed by atoms with van der Waals surface area (Å²) in [4.78, 5) is 2.11. The van der Waals surface area contributed by atoms with E-state index in [0.29, 0.717) is 18.3 Å². The average molecular weight is 403 g/mol. The Balaban J connectivity index is 1.57. The first-order chi connectivity index (χ1) is 14.6. The second-order valence-electron chi connectivity index (χ2n) is 7.01. The molecule has 0 aliphatic heterocycles. The molecule has 4 aromatic rings. The molecule has 0 spiro atoms. The van der Waals surface area contributed by atoms with Gasteiger partial charge in [0.1, 0.15) is 11.6 Å². The molecule has 0 saturated heterocycles. The number of ether oxygens (including phenoxy) is 1. The largest absolute Gasteiger partial charge is 0.497 e. The van der Waals surface area contributed by atoms with E-state index in [1.165, 1.54) is 12.1 Å². The Morgan fingerprint density at radius 1 is 0.900 bits per heavy atom. The zero-order valence-electron chi connectivity index (χ0n) is 16.8. The molecule has 0 aliphatic rings. The van der Waals surface area contributed by atoms with Crippen molar-refractivity contribution in [2.45, 2.75) is 12.6 Å². The molecule has 4 rings (SSSR count). The fourth-order valence-corrected chi connectivity index (χ4v) is 3.45. The van der Waals surface area contributed by atoms with E-state index in [1.807, 2.05) is 49.5 Å². The molecule has 5 nitrogen and oxygen atoms in total. The minimum atomic E-state index is -0.255. The van der Waals surface area contributed by atoms with E-state index in [9.17, 15) is 4.39 Å². The van der Waals surface area contributed by atoms with Gasteiger partial charge in [0.25, 0.3) is 0 Å². The molecule has 1 aromatic heterocycles. The van der Waals surface area contributed by atoms with E-state index in [4.69, 9.17) is 9.15 Å². The number of benzene rings is 3. The lowest BCUT2D eigenvalue weighted by Crippen LogP contribution is -2.25. The summed E-state index contributed by atoms with van der Waals surface area (Å²) in [6.45, 7) is 0.445. The zero-order valence-corrected chi connectivity index (χ0v) is 16.8. The molecular formula is C24H22FN3O2. The molecule has 0 fully saturated rings. The molecule has 0 radical (unpaired) electrons. The van der Waals surface area contributed by atoms with Crippen LogP contribution in [-0.4, -0.2) is 29.3 Å². The lowest BCUT2D eigenvalue weighted by atomic mass is 9.97. The lowest BCUT2D eigenvalue weighted by molar-refractivity contribution is 0.243. The summed E-state index contributed by atoms with van der Waals surface area (Å²) >= 11 is 0. The van der Waals surface area contributed by atoms with Gasteiger partial charge in [0.2, 0.25) is 11.8 Å². The zero-order chi connectivity index (χ0) is 20.9. The highest BCUT2D eigenvalue weighted by Gasteiger charge is 2.21. The molecule has 0 bridgehead atoms. The fraction of sp³-hybridized carbons (Fsp3) is 0.167. The summed E-state index contributed by atoms with van der Waals surface area (Å²) in [6.07, 6.45) is 0. The number of halogens is 1. The molecule has 1 heterocycles. The van der Waals surface area contributed by atoms with Gasteiger partial charge in [0, 0.05) is 5.56 Å². The molecule has 0 aliphatic carbocycles. The van der Waals surface area contributed by atoms with Gasteiger partial charge in [-0.2, -0.15) is 0 Å². The first-order valence-corrected chi connectivity index (χ1v) is 9.61. The molecular weight excluding hydrogens is 381 g/mol. The molecule has 1 unspecified atom stereocenters. The molecule has 0 N–H and O–H groups in total. The summed E-state index contributed by atoms with van der Waals surface area (Å²) in [7, 11) is 3.61. The van der Waals surface area contributed by atoms with Crippen LogP contribution >= 0.6 is 0 Å². The smallest absolute Gasteiger partial charge is 0.247 e. The maximum Gasteiger partial charge on any atom is 0.247 e. The van der Waals surface area contributed by atoms with Crippen LogP contribution in [0.2, 0.25) is 0 Å². The molecule has 3 aromatic carbocycles. The number of aromatic nitrogens is 2. The fourth-order valence-electron chi connectivity index (χ4n) is 3.45. The van der Waals surface area contributed by atoms with Crippen molar-refractivity contribution in [3.8, 4) is 17.2 Å². The van der Waals surface area contributed by atoms with Crippen molar-refractivity contribution in [3.05, 3.63) is 102 Å². The maximum absolute atomic E-state index is 13.5. The van der Waals surface area contributed by atoms with Crippen LogP contribution in [0.15, 0.2) is 83.3 Å². The predicted molar refractivity (Wildman–Crippen MR) is 112 cm³/mol. The predicted octanol–water partition coefficient (Wildman–Crippen LogP) is 5.11. The number of hydrogen-bond donors (Lipinski definition) is 0. The normalized spacial score (nSPS) is 12.1. The third-order valence-electron chi connectivity index (χ3n) is 4.93. The molecule has 30 heavy (non-hydrogen) atoms. The Morgan fingerprint density at radius 2 is 1.57 bits per heavy atom. The SMILES string of the molecule is COc1ccc(-c2nnc(CN(C)C(c3ccccc3)c3ccc(F)cc3)o2)cc1. The second kappa shape index (κ2) is 8.88. The van der Waals surface area contributed by atoms with Crippen molar-refractivity contribution < 1.29 is 13.5 Å². The van der Waals surface area contributed by atoms with Crippen LogP contribution in [0.4, 0.5) is 4.39 Å². The standard InChI is InChI=1S/C24H22FN3O2/c1-28(16-22-26-27-24(30-22)19-10-14-21(29-2)15-11-19)23(17-6-4-3-5-7-17)18-8-12-20(25)13-9-18/h3-15,23H,16H2,1-2H3. The summed E-state index contributed by atoms with van der Waals surface area (Å²) in [5.41, 5.74) is 2.91. The van der Waals surface area contributed by atoms with Crippen molar-refractivity contribution in [1.29, 1.82) is 0 Å². The first kappa shape index (κ1) is 19.8. The molecule has 0 amide bonds.